The van der Waals surface area contributed by atoms with E-state index in [2.05, 4.69) is 4.98 Å². The standard InChI is InChI=1S/C11H9F6NO/c1-5(2)8-3-7(10(12,13)14)6(4-18-8)9(19)11(15,16)17/h3-5H,1-2H3. The summed E-state index contributed by atoms with van der Waals surface area (Å²) in [4.78, 5) is 14.4. The number of ketones is 1. The Labute approximate surface area is 104 Å². The second-order valence-electron chi connectivity index (χ2n) is 4.13. The quantitative estimate of drug-likeness (QED) is 0.608. The molecule has 0 radical (unpaired) electrons. The number of hydrogen-bond acceptors (Lipinski definition) is 2. The van der Waals surface area contributed by atoms with E-state index in [1.54, 1.807) is 0 Å². The summed E-state index contributed by atoms with van der Waals surface area (Å²) >= 11 is 0. The largest absolute Gasteiger partial charge is 0.454 e. The Morgan fingerprint density at radius 1 is 1.16 bits per heavy atom. The fraction of sp³-hybridized carbons (Fsp3) is 0.455. The first-order valence-corrected chi connectivity index (χ1v) is 5.13. The number of Topliss-reactive ketones (excluding diaryl/α,β-unsaturated/α-hetero) is 1. The van der Waals surface area contributed by atoms with Gasteiger partial charge in [-0.15, -0.1) is 0 Å². The fourth-order valence-electron chi connectivity index (χ4n) is 1.36. The van der Waals surface area contributed by atoms with Crippen LogP contribution in [0.2, 0.25) is 0 Å². The summed E-state index contributed by atoms with van der Waals surface area (Å²) in [6.45, 7) is 3.07. The van der Waals surface area contributed by atoms with E-state index in [4.69, 9.17) is 0 Å². The Kier molecular flexibility index (Phi) is 3.92. The summed E-state index contributed by atoms with van der Waals surface area (Å²) < 4.78 is 74.7. The molecule has 1 rings (SSSR count). The van der Waals surface area contributed by atoms with E-state index in [0.717, 1.165) is 0 Å². The topological polar surface area (TPSA) is 30.0 Å². The average Bonchev–Trinajstić information content (AvgIpc) is 2.24. The van der Waals surface area contributed by atoms with Crippen LogP contribution in [0.3, 0.4) is 0 Å². The van der Waals surface area contributed by atoms with E-state index >= 15 is 0 Å². The molecule has 0 bridgehead atoms. The lowest BCUT2D eigenvalue weighted by molar-refractivity contribution is -0.138. The predicted octanol–water partition coefficient (Wildman–Crippen LogP) is 3.97. The molecule has 0 aromatic carbocycles. The molecular formula is C11H9F6NO. The van der Waals surface area contributed by atoms with Crippen molar-refractivity contribution in [3.63, 3.8) is 0 Å². The van der Waals surface area contributed by atoms with E-state index in [0.29, 0.717) is 12.3 Å². The highest BCUT2D eigenvalue weighted by atomic mass is 19.4. The molecule has 0 amide bonds. The molecule has 8 heteroatoms. The first-order valence-electron chi connectivity index (χ1n) is 5.13. The van der Waals surface area contributed by atoms with Gasteiger partial charge in [0, 0.05) is 11.9 Å². The Hall–Kier alpha value is -1.60. The Bertz CT molecular complexity index is 489. The lowest BCUT2D eigenvalue weighted by atomic mass is 10.0. The maximum Gasteiger partial charge on any atom is 0.454 e. The van der Waals surface area contributed by atoms with Crippen LogP contribution >= 0.6 is 0 Å². The van der Waals surface area contributed by atoms with Crippen molar-refractivity contribution in [1.82, 2.24) is 4.98 Å². The number of pyridine rings is 1. The first-order chi connectivity index (χ1) is 8.44. The Balaban J connectivity index is 3.45. The first kappa shape index (κ1) is 15.5. The van der Waals surface area contributed by atoms with E-state index in [1.165, 1.54) is 13.8 Å². The van der Waals surface area contributed by atoms with Crippen molar-refractivity contribution >= 4 is 5.78 Å². The lowest BCUT2D eigenvalue weighted by Gasteiger charge is -2.15. The minimum absolute atomic E-state index is 0.0361. The fourth-order valence-corrected chi connectivity index (χ4v) is 1.36. The maximum absolute atomic E-state index is 12.7. The van der Waals surface area contributed by atoms with Gasteiger partial charge in [-0.05, 0) is 12.0 Å². The summed E-state index contributed by atoms with van der Waals surface area (Å²) in [6.07, 6.45) is -10.1. The van der Waals surface area contributed by atoms with Gasteiger partial charge in [0.15, 0.2) is 0 Å². The molecule has 106 valence electrons. The van der Waals surface area contributed by atoms with Crippen LogP contribution in [0.5, 0.6) is 0 Å². The van der Waals surface area contributed by atoms with Crippen LogP contribution in [0.4, 0.5) is 26.3 Å². The van der Waals surface area contributed by atoms with Crippen molar-refractivity contribution in [3.8, 4) is 0 Å². The average molecular weight is 285 g/mol. The SMILES string of the molecule is CC(C)c1cc(C(F)(F)F)c(C(=O)C(F)(F)F)cn1. The second-order valence-corrected chi connectivity index (χ2v) is 4.13. The lowest BCUT2D eigenvalue weighted by Crippen LogP contribution is -2.26. The number of alkyl halides is 6. The summed E-state index contributed by atoms with van der Waals surface area (Å²) in [5.74, 6) is -2.96. The van der Waals surface area contributed by atoms with E-state index in [-0.39, 0.29) is 5.69 Å². The molecule has 0 N–H and O–H groups in total. The minimum Gasteiger partial charge on any atom is -0.284 e. The van der Waals surface area contributed by atoms with Crippen LogP contribution in [0, 0.1) is 0 Å². The van der Waals surface area contributed by atoms with Gasteiger partial charge in [0.1, 0.15) is 0 Å². The molecule has 19 heavy (non-hydrogen) atoms. The van der Waals surface area contributed by atoms with Crippen molar-refractivity contribution in [3.05, 3.63) is 29.1 Å². The zero-order valence-electron chi connectivity index (χ0n) is 9.86. The van der Waals surface area contributed by atoms with Gasteiger partial charge in [-0.3, -0.25) is 9.78 Å². The Morgan fingerprint density at radius 3 is 2.05 bits per heavy atom. The third-order valence-corrected chi connectivity index (χ3v) is 2.32. The van der Waals surface area contributed by atoms with Gasteiger partial charge in [0.05, 0.1) is 11.1 Å². The summed E-state index contributed by atoms with van der Waals surface area (Å²) in [5, 5.41) is 0. The third kappa shape index (κ3) is 3.45. The van der Waals surface area contributed by atoms with Crippen LogP contribution in [0.15, 0.2) is 12.3 Å². The van der Waals surface area contributed by atoms with Gasteiger partial charge in [-0.25, -0.2) is 0 Å². The molecule has 0 aliphatic carbocycles. The highest BCUT2D eigenvalue weighted by Gasteiger charge is 2.45. The predicted molar refractivity (Wildman–Crippen MR) is 53.7 cm³/mol. The highest BCUT2D eigenvalue weighted by Crippen LogP contribution is 2.35. The number of carbonyl (C=O) groups excluding carboxylic acids is 1. The molecule has 0 spiro atoms. The molecule has 0 aliphatic heterocycles. The van der Waals surface area contributed by atoms with Crippen LogP contribution in [0.25, 0.3) is 0 Å². The van der Waals surface area contributed by atoms with Crippen molar-refractivity contribution in [2.45, 2.75) is 32.1 Å². The smallest absolute Gasteiger partial charge is 0.284 e. The number of halogens is 6. The number of aromatic nitrogens is 1. The van der Waals surface area contributed by atoms with Gasteiger partial charge in [-0.2, -0.15) is 26.3 Å². The molecular weight excluding hydrogens is 276 g/mol. The minimum atomic E-state index is -5.37. The van der Waals surface area contributed by atoms with Crippen LogP contribution in [0.1, 0.15) is 41.4 Å². The molecule has 0 atom stereocenters. The number of rotatable bonds is 2. The monoisotopic (exact) mass is 285 g/mol. The zero-order valence-corrected chi connectivity index (χ0v) is 9.86. The summed E-state index contributed by atoms with van der Waals surface area (Å²) in [7, 11) is 0. The van der Waals surface area contributed by atoms with Crippen LogP contribution in [-0.2, 0) is 6.18 Å². The maximum atomic E-state index is 12.7. The molecule has 1 aromatic rings. The highest BCUT2D eigenvalue weighted by molar-refractivity contribution is 6.01. The molecule has 0 saturated carbocycles. The summed E-state index contributed by atoms with van der Waals surface area (Å²) in [5.41, 5.74) is -3.14. The van der Waals surface area contributed by atoms with Crippen molar-refractivity contribution < 1.29 is 31.1 Å². The number of hydrogen-bond donors (Lipinski definition) is 0. The second kappa shape index (κ2) is 4.82. The van der Waals surface area contributed by atoms with Gasteiger partial charge >= 0.3 is 12.4 Å². The molecule has 2 nitrogen and oxygen atoms in total. The van der Waals surface area contributed by atoms with Crippen molar-refractivity contribution in [1.29, 1.82) is 0 Å². The van der Waals surface area contributed by atoms with E-state index in [9.17, 15) is 31.1 Å². The summed E-state index contributed by atoms with van der Waals surface area (Å²) in [6, 6.07) is 0.476. The van der Waals surface area contributed by atoms with Gasteiger partial charge in [0.2, 0.25) is 0 Å². The Morgan fingerprint density at radius 2 is 1.68 bits per heavy atom. The molecule has 0 saturated heterocycles. The molecule has 1 heterocycles. The molecule has 0 unspecified atom stereocenters. The van der Waals surface area contributed by atoms with Crippen LogP contribution < -0.4 is 0 Å². The van der Waals surface area contributed by atoms with Crippen molar-refractivity contribution in [2.75, 3.05) is 0 Å². The third-order valence-electron chi connectivity index (χ3n) is 2.32. The normalized spacial score (nSPS) is 12.9. The molecule has 1 aromatic heterocycles. The van der Waals surface area contributed by atoms with Crippen LogP contribution in [-0.4, -0.2) is 16.9 Å². The van der Waals surface area contributed by atoms with Gasteiger partial charge < -0.3 is 0 Å². The number of nitrogens with zero attached hydrogens (tertiary/aromatic N) is 1. The molecule has 0 aliphatic rings. The van der Waals surface area contributed by atoms with E-state index in [1.807, 2.05) is 0 Å². The number of carbonyl (C=O) groups is 1. The van der Waals surface area contributed by atoms with Gasteiger partial charge in [0.25, 0.3) is 5.78 Å². The van der Waals surface area contributed by atoms with E-state index < -0.39 is 35.2 Å². The van der Waals surface area contributed by atoms with Crippen molar-refractivity contribution in [2.24, 2.45) is 0 Å². The zero-order chi connectivity index (χ0) is 15.0. The molecule has 0 fully saturated rings. The van der Waals surface area contributed by atoms with Gasteiger partial charge in [-0.1, -0.05) is 13.8 Å².